The number of hydrogen-bond donors (Lipinski definition) is 1. The van der Waals surface area contributed by atoms with E-state index in [-0.39, 0.29) is 4.90 Å². The minimum Gasteiger partial charge on any atom is -0.359 e. The van der Waals surface area contributed by atoms with Crippen LogP contribution in [0, 0.1) is 5.92 Å². The first kappa shape index (κ1) is 14.3. The van der Waals surface area contributed by atoms with E-state index in [0.717, 1.165) is 18.3 Å². The summed E-state index contributed by atoms with van der Waals surface area (Å²) in [4.78, 5) is 6.55. The molecule has 1 N–H and O–H groups in total. The molecule has 0 unspecified atom stereocenters. The van der Waals surface area contributed by atoms with E-state index in [1.165, 1.54) is 38.9 Å². The highest BCUT2D eigenvalue weighted by Gasteiger charge is 2.18. The van der Waals surface area contributed by atoms with Crippen LogP contribution in [-0.4, -0.2) is 34.0 Å². The van der Waals surface area contributed by atoms with Crippen LogP contribution < -0.4 is 9.62 Å². The number of pyridine rings is 1. The molecule has 0 bridgehead atoms. The second-order valence-electron chi connectivity index (χ2n) is 5.09. The summed E-state index contributed by atoms with van der Waals surface area (Å²) in [5, 5.41) is 0. The van der Waals surface area contributed by atoms with E-state index < -0.39 is 10.0 Å². The van der Waals surface area contributed by atoms with Gasteiger partial charge in [-0.1, -0.05) is 12.8 Å². The lowest BCUT2D eigenvalue weighted by molar-refractivity contribution is 0.545. The molecule has 0 saturated heterocycles. The van der Waals surface area contributed by atoms with Crippen molar-refractivity contribution in [2.75, 3.05) is 25.5 Å². The summed E-state index contributed by atoms with van der Waals surface area (Å²) in [7, 11) is 0.0111. The molecule has 19 heavy (non-hydrogen) atoms. The smallest absolute Gasteiger partial charge is 0.241 e. The maximum atomic E-state index is 11.6. The minimum atomic E-state index is -3.39. The molecule has 1 aromatic heterocycles. The Labute approximate surface area is 115 Å². The van der Waals surface area contributed by atoms with Crippen molar-refractivity contribution in [1.82, 2.24) is 9.71 Å². The topological polar surface area (TPSA) is 62.3 Å². The average molecular weight is 283 g/mol. The number of anilines is 1. The number of aromatic nitrogens is 1. The predicted octanol–water partition coefficient (Wildman–Crippen LogP) is 1.62. The van der Waals surface area contributed by atoms with Gasteiger partial charge in [0.25, 0.3) is 0 Å². The van der Waals surface area contributed by atoms with Crippen LogP contribution >= 0.6 is 0 Å². The van der Waals surface area contributed by atoms with Gasteiger partial charge < -0.3 is 4.90 Å². The van der Waals surface area contributed by atoms with Crippen LogP contribution in [0.15, 0.2) is 23.2 Å². The Morgan fingerprint density at radius 1 is 1.37 bits per heavy atom. The number of nitrogens with zero attached hydrogens (tertiary/aromatic N) is 2. The highest BCUT2D eigenvalue weighted by Crippen LogP contribution is 2.26. The minimum absolute atomic E-state index is 0.202. The van der Waals surface area contributed by atoms with E-state index in [1.54, 1.807) is 12.1 Å². The molecule has 1 aliphatic rings. The zero-order chi connectivity index (χ0) is 13.9. The summed E-state index contributed by atoms with van der Waals surface area (Å²) >= 11 is 0. The van der Waals surface area contributed by atoms with Gasteiger partial charge >= 0.3 is 0 Å². The monoisotopic (exact) mass is 283 g/mol. The van der Waals surface area contributed by atoms with Gasteiger partial charge in [-0.15, -0.1) is 0 Å². The molecular weight excluding hydrogens is 262 g/mol. The van der Waals surface area contributed by atoms with Crippen LogP contribution in [0.2, 0.25) is 0 Å². The second-order valence-corrected chi connectivity index (χ2v) is 6.98. The third-order valence-corrected chi connectivity index (χ3v) is 5.10. The van der Waals surface area contributed by atoms with Gasteiger partial charge in [0.05, 0.1) is 0 Å². The molecule has 0 radical (unpaired) electrons. The molecule has 6 heteroatoms. The summed E-state index contributed by atoms with van der Waals surface area (Å²) in [5.41, 5.74) is 0. The fraction of sp³-hybridized carbons (Fsp3) is 0.615. The summed E-state index contributed by atoms with van der Waals surface area (Å²) < 4.78 is 25.5. The lowest BCUT2D eigenvalue weighted by Crippen LogP contribution is -2.25. The van der Waals surface area contributed by atoms with Crippen molar-refractivity contribution in [3.63, 3.8) is 0 Å². The molecule has 2 rings (SSSR count). The van der Waals surface area contributed by atoms with Gasteiger partial charge in [-0.2, -0.15) is 0 Å². The molecule has 1 aliphatic carbocycles. The quantitative estimate of drug-likeness (QED) is 0.892. The largest absolute Gasteiger partial charge is 0.359 e. The summed E-state index contributed by atoms with van der Waals surface area (Å²) in [5.74, 6) is 1.56. The van der Waals surface area contributed by atoms with E-state index in [0.29, 0.717) is 0 Å². The molecule has 106 valence electrons. The van der Waals surface area contributed by atoms with Crippen molar-refractivity contribution in [2.24, 2.45) is 5.92 Å². The molecule has 1 aromatic rings. The van der Waals surface area contributed by atoms with Crippen LogP contribution in [0.1, 0.15) is 25.7 Å². The van der Waals surface area contributed by atoms with Gasteiger partial charge in [0.2, 0.25) is 10.0 Å². The van der Waals surface area contributed by atoms with Crippen LogP contribution in [0.25, 0.3) is 0 Å². The number of hydrogen-bond acceptors (Lipinski definition) is 4. The highest BCUT2D eigenvalue weighted by atomic mass is 32.2. The van der Waals surface area contributed by atoms with Crippen molar-refractivity contribution >= 4 is 15.8 Å². The van der Waals surface area contributed by atoms with Crippen molar-refractivity contribution in [1.29, 1.82) is 0 Å². The Balaban J connectivity index is 2.05. The lowest BCUT2D eigenvalue weighted by Gasteiger charge is -2.22. The van der Waals surface area contributed by atoms with Crippen LogP contribution in [-0.2, 0) is 10.0 Å². The van der Waals surface area contributed by atoms with Gasteiger partial charge in [-0.05, 0) is 37.9 Å². The first-order valence-corrected chi connectivity index (χ1v) is 8.12. The fourth-order valence-corrected chi connectivity index (χ4v) is 3.22. The average Bonchev–Trinajstić information content (AvgIpc) is 2.91. The molecule has 0 aliphatic heterocycles. The van der Waals surface area contributed by atoms with Crippen LogP contribution in [0.3, 0.4) is 0 Å². The van der Waals surface area contributed by atoms with E-state index in [2.05, 4.69) is 14.6 Å². The Bertz CT molecular complexity index is 507. The number of sulfonamides is 1. The third-order valence-electron chi connectivity index (χ3n) is 3.70. The normalized spacial score (nSPS) is 16.7. The molecule has 1 fully saturated rings. The van der Waals surface area contributed by atoms with Crippen molar-refractivity contribution < 1.29 is 8.42 Å². The Hall–Kier alpha value is -1.14. The Morgan fingerprint density at radius 2 is 2.05 bits per heavy atom. The molecular formula is C13H21N3O2S. The van der Waals surface area contributed by atoms with Crippen LogP contribution in [0.4, 0.5) is 5.82 Å². The Kier molecular flexibility index (Phi) is 4.42. The van der Waals surface area contributed by atoms with Gasteiger partial charge in [0.1, 0.15) is 10.7 Å². The van der Waals surface area contributed by atoms with Crippen LogP contribution in [0.5, 0.6) is 0 Å². The van der Waals surface area contributed by atoms with Gasteiger partial charge in [-0.25, -0.2) is 18.1 Å². The summed E-state index contributed by atoms with van der Waals surface area (Å²) in [6.07, 6.45) is 6.63. The second kappa shape index (κ2) is 5.88. The van der Waals surface area contributed by atoms with Gasteiger partial charge in [0, 0.05) is 19.8 Å². The van der Waals surface area contributed by atoms with E-state index in [4.69, 9.17) is 0 Å². The summed E-state index contributed by atoms with van der Waals surface area (Å²) in [6, 6.07) is 3.36. The van der Waals surface area contributed by atoms with Crippen molar-refractivity contribution in [3.8, 4) is 0 Å². The van der Waals surface area contributed by atoms with E-state index >= 15 is 0 Å². The number of rotatable bonds is 5. The zero-order valence-electron chi connectivity index (χ0n) is 11.5. The zero-order valence-corrected chi connectivity index (χ0v) is 12.3. The predicted molar refractivity (Wildman–Crippen MR) is 75.7 cm³/mol. The van der Waals surface area contributed by atoms with Crippen molar-refractivity contribution in [3.05, 3.63) is 18.3 Å². The summed E-state index contributed by atoms with van der Waals surface area (Å²) in [6.45, 7) is 0.991. The standard InChI is InChI=1S/C13H21N3O2S/c1-14-19(17,18)12-7-8-13(15-9-12)16(2)10-11-5-3-4-6-11/h7-9,11,14H,3-6,10H2,1-2H3. The molecule has 0 atom stereocenters. The Morgan fingerprint density at radius 3 is 2.58 bits per heavy atom. The van der Waals surface area contributed by atoms with Gasteiger partial charge in [0.15, 0.2) is 0 Å². The SMILES string of the molecule is CNS(=O)(=O)c1ccc(N(C)CC2CCCC2)nc1. The molecule has 5 nitrogen and oxygen atoms in total. The fourth-order valence-electron chi connectivity index (χ4n) is 2.55. The first-order valence-electron chi connectivity index (χ1n) is 6.63. The lowest BCUT2D eigenvalue weighted by atomic mass is 10.1. The highest BCUT2D eigenvalue weighted by molar-refractivity contribution is 7.89. The maximum absolute atomic E-state index is 11.6. The van der Waals surface area contributed by atoms with Crippen molar-refractivity contribution in [2.45, 2.75) is 30.6 Å². The third kappa shape index (κ3) is 3.45. The van der Waals surface area contributed by atoms with E-state index in [1.807, 2.05) is 7.05 Å². The van der Waals surface area contributed by atoms with Gasteiger partial charge in [-0.3, -0.25) is 0 Å². The maximum Gasteiger partial charge on any atom is 0.241 e. The molecule has 0 aromatic carbocycles. The molecule has 0 spiro atoms. The molecule has 1 saturated carbocycles. The first-order chi connectivity index (χ1) is 9.03. The molecule has 1 heterocycles. The van der Waals surface area contributed by atoms with E-state index in [9.17, 15) is 8.42 Å². The molecule has 0 amide bonds. The number of nitrogens with one attached hydrogen (secondary N) is 1.